The molecule has 2 aliphatic rings. The van der Waals surface area contributed by atoms with Crippen molar-refractivity contribution in [2.75, 3.05) is 13.7 Å². The Morgan fingerprint density at radius 2 is 1.72 bits per heavy atom. The lowest BCUT2D eigenvalue weighted by Gasteiger charge is -2.28. The van der Waals surface area contributed by atoms with Crippen molar-refractivity contribution >= 4 is 16.0 Å². The van der Waals surface area contributed by atoms with E-state index in [-0.39, 0.29) is 10.8 Å². The highest BCUT2D eigenvalue weighted by atomic mass is 32.2. The summed E-state index contributed by atoms with van der Waals surface area (Å²) >= 11 is 0. The third kappa shape index (κ3) is 5.79. The Morgan fingerprint density at radius 3 is 2.28 bits per heavy atom. The van der Waals surface area contributed by atoms with Crippen molar-refractivity contribution in [3.63, 3.8) is 0 Å². The highest BCUT2D eigenvalue weighted by Gasteiger charge is 2.34. The number of fused-ring (bicyclic) bond motifs is 1. The molecule has 0 unspecified atom stereocenters. The van der Waals surface area contributed by atoms with Crippen LogP contribution < -0.4 is 4.74 Å². The SMILES string of the molecule is CCc1nn(C2CCCC2)c2c1CCN(Cc1ccc(OC)cc1)C2=O.O=S(=O)(O)c1ccccc1. The summed E-state index contributed by atoms with van der Waals surface area (Å²) in [6.07, 6.45) is 6.57. The van der Waals surface area contributed by atoms with Gasteiger partial charge in [0.2, 0.25) is 0 Å². The van der Waals surface area contributed by atoms with Crippen molar-refractivity contribution < 1.29 is 22.5 Å². The van der Waals surface area contributed by atoms with Crippen LogP contribution in [-0.4, -0.2) is 47.2 Å². The van der Waals surface area contributed by atoms with Gasteiger partial charge < -0.3 is 9.64 Å². The van der Waals surface area contributed by atoms with Crippen LogP contribution in [0.1, 0.15) is 66.0 Å². The van der Waals surface area contributed by atoms with Gasteiger partial charge in [-0.1, -0.05) is 50.1 Å². The molecule has 0 radical (unpaired) electrons. The minimum atomic E-state index is -4.00. The molecule has 1 aliphatic carbocycles. The molecule has 0 spiro atoms. The number of ether oxygens (including phenoxy) is 1. The van der Waals surface area contributed by atoms with E-state index in [2.05, 4.69) is 11.6 Å². The Hall–Kier alpha value is -3.17. The van der Waals surface area contributed by atoms with E-state index in [1.54, 1.807) is 25.3 Å². The summed E-state index contributed by atoms with van der Waals surface area (Å²) in [5, 5.41) is 4.86. The molecular weight excluding hydrogens is 478 g/mol. The highest BCUT2D eigenvalue weighted by molar-refractivity contribution is 7.85. The second-order valence-corrected chi connectivity index (χ2v) is 10.5. The molecule has 1 amide bonds. The van der Waals surface area contributed by atoms with E-state index in [1.165, 1.54) is 30.5 Å². The Morgan fingerprint density at radius 1 is 1.06 bits per heavy atom. The number of benzene rings is 2. The minimum absolute atomic E-state index is 0.0741. The summed E-state index contributed by atoms with van der Waals surface area (Å²) in [7, 11) is -2.34. The smallest absolute Gasteiger partial charge is 0.294 e. The number of hydrogen-bond donors (Lipinski definition) is 1. The minimum Gasteiger partial charge on any atom is -0.497 e. The van der Waals surface area contributed by atoms with Gasteiger partial charge in [-0.05, 0) is 55.5 Å². The van der Waals surface area contributed by atoms with Gasteiger partial charge in [0.25, 0.3) is 16.0 Å². The summed E-state index contributed by atoms with van der Waals surface area (Å²) < 4.78 is 36.5. The number of nitrogens with zero attached hydrogens (tertiary/aromatic N) is 3. The van der Waals surface area contributed by atoms with Gasteiger partial charge >= 0.3 is 0 Å². The monoisotopic (exact) mass is 511 g/mol. The molecule has 0 saturated heterocycles. The van der Waals surface area contributed by atoms with Crippen LogP contribution in [0.4, 0.5) is 0 Å². The summed E-state index contributed by atoms with van der Waals surface area (Å²) in [4.78, 5) is 15.2. The molecule has 1 fully saturated rings. The van der Waals surface area contributed by atoms with Crippen molar-refractivity contribution in [3.8, 4) is 5.75 Å². The maximum atomic E-state index is 13.3. The molecule has 8 nitrogen and oxygen atoms in total. The average molecular weight is 512 g/mol. The Kier molecular flexibility index (Phi) is 8.11. The molecule has 9 heteroatoms. The fourth-order valence-corrected chi connectivity index (χ4v) is 5.40. The number of carbonyl (C=O) groups is 1. The quantitative estimate of drug-likeness (QED) is 0.482. The fourth-order valence-electron chi connectivity index (χ4n) is 4.90. The molecule has 1 saturated carbocycles. The van der Waals surface area contributed by atoms with Crippen LogP contribution in [-0.2, 0) is 29.5 Å². The number of rotatable bonds is 6. The number of aryl methyl sites for hydroxylation is 1. The zero-order valence-corrected chi connectivity index (χ0v) is 21.6. The third-order valence-electron chi connectivity index (χ3n) is 6.79. The van der Waals surface area contributed by atoms with Crippen molar-refractivity contribution in [3.05, 3.63) is 77.1 Å². The van der Waals surface area contributed by atoms with Crippen molar-refractivity contribution in [2.45, 2.75) is 62.9 Å². The van der Waals surface area contributed by atoms with E-state index < -0.39 is 10.1 Å². The molecule has 0 atom stereocenters. The highest BCUT2D eigenvalue weighted by Crippen LogP contribution is 2.34. The molecule has 1 aliphatic heterocycles. The van der Waals surface area contributed by atoms with Gasteiger partial charge in [0.05, 0.1) is 23.7 Å². The van der Waals surface area contributed by atoms with Crippen LogP contribution in [0.25, 0.3) is 0 Å². The molecule has 2 heterocycles. The number of aromatic nitrogens is 2. The van der Waals surface area contributed by atoms with E-state index in [0.717, 1.165) is 54.9 Å². The average Bonchev–Trinajstić information content (AvgIpc) is 3.55. The summed E-state index contributed by atoms with van der Waals surface area (Å²) in [5.41, 5.74) is 4.29. The first kappa shape index (κ1) is 25.9. The van der Waals surface area contributed by atoms with Gasteiger partial charge in [-0.2, -0.15) is 13.5 Å². The Labute approximate surface area is 212 Å². The maximum Gasteiger partial charge on any atom is 0.294 e. The molecule has 3 aromatic rings. The second kappa shape index (κ2) is 11.3. The van der Waals surface area contributed by atoms with Crippen molar-refractivity contribution in [1.82, 2.24) is 14.7 Å². The zero-order chi connectivity index (χ0) is 25.7. The van der Waals surface area contributed by atoms with Crippen LogP contribution in [0.3, 0.4) is 0 Å². The Bertz CT molecular complexity index is 1280. The summed E-state index contributed by atoms with van der Waals surface area (Å²) in [6.45, 7) is 3.54. The van der Waals surface area contributed by atoms with Crippen molar-refractivity contribution in [1.29, 1.82) is 0 Å². The topological polar surface area (TPSA) is 102 Å². The Balaban J connectivity index is 0.000000256. The number of carbonyl (C=O) groups excluding carboxylic acids is 1. The first-order valence-electron chi connectivity index (χ1n) is 12.4. The van der Waals surface area contributed by atoms with Gasteiger partial charge in [-0.25, -0.2) is 0 Å². The molecule has 36 heavy (non-hydrogen) atoms. The first-order chi connectivity index (χ1) is 17.3. The van der Waals surface area contributed by atoms with Crippen LogP contribution in [0.5, 0.6) is 5.75 Å². The molecule has 0 bridgehead atoms. The molecule has 5 rings (SSSR count). The normalized spacial score (nSPS) is 15.9. The summed E-state index contributed by atoms with van der Waals surface area (Å²) in [6, 6.07) is 15.8. The molecular formula is C27H33N3O5S. The summed E-state index contributed by atoms with van der Waals surface area (Å²) in [5.74, 6) is 0.981. The zero-order valence-electron chi connectivity index (χ0n) is 20.8. The first-order valence-corrected chi connectivity index (χ1v) is 13.8. The van der Waals surface area contributed by atoms with E-state index >= 15 is 0 Å². The van der Waals surface area contributed by atoms with Gasteiger partial charge in [0.15, 0.2) is 0 Å². The number of amides is 1. The lowest BCUT2D eigenvalue weighted by Crippen LogP contribution is -2.38. The van der Waals surface area contributed by atoms with Crippen molar-refractivity contribution in [2.24, 2.45) is 0 Å². The van der Waals surface area contributed by atoms with Gasteiger partial charge in [0.1, 0.15) is 11.4 Å². The molecule has 1 aromatic heterocycles. The van der Waals surface area contributed by atoms with Gasteiger partial charge in [-0.3, -0.25) is 14.0 Å². The number of hydrogen-bond acceptors (Lipinski definition) is 5. The molecule has 2 aromatic carbocycles. The van der Waals surface area contributed by atoms with E-state index in [1.807, 2.05) is 29.2 Å². The predicted octanol–water partition coefficient (Wildman–Crippen LogP) is 4.70. The van der Waals surface area contributed by atoms with Crippen LogP contribution in [0.15, 0.2) is 59.5 Å². The van der Waals surface area contributed by atoms with E-state index in [0.29, 0.717) is 12.6 Å². The fraction of sp³-hybridized carbons (Fsp3) is 0.407. The predicted molar refractivity (Wildman–Crippen MR) is 137 cm³/mol. The van der Waals surface area contributed by atoms with E-state index in [4.69, 9.17) is 14.4 Å². The second-order valence-electron chi connectivity index (χ2n) is 9.12. The lowest BCUT2D eigenvalue weighted by atomic mass is 10.0. The third-order valence-corrected chi connectivity index (χ3v) is 7.66. The number of methoxy groups -OCH3 is 1. The van der Waals surface area contributed by atoms with Crippen LogP contribution in [0.2, 0.25) is 0 Å². The lowest BCUT2D eigenvalue weighted by molar-refractivity contribution is 0.0710. The van der Waals surface area contributed by atoms with Crippen LogP contribution in [0, 0.1) is 0 Å². The largest absolute Gasteiger partial charge is 0.497 e. The standard InChI is InChI=1S/C21H27N3O2.C6H6O3S/c1-3-19-18-12-13-23(14-15-8-10-17(26-2)11-9-15)21(25)20(18)24(22-19)16-6-4-5-7-16;7-10(8,9)6-4-2-1-3-5-6/h8-11,16H,3-7,12-14H2,1-2H3;1-5H,(H,7,8,9). The molecule has 192 valence electrons. The van der Waals surface area contributed by atoms with Gasteiger partial charge in [0, 0.05) is 18.7 Å². The van der Waals surface area contributed by atoms with Gasteiger partial charge in [-0.15, -0.1) is 0 Å². The van der Waals surface area contributed by atoms with Crippen LogP contribution >= 0.6 is 0 Å². The maximum absolute atomic E-state index is 13.3. The van der Waals surface area contributed by atoms with E-state index in [9.17, 15) is 13.2 Å². The molecule has 1 N–H and O–H groups in total.